The van der Waals surface area contributed by atoms with Gasteiger partial charge in [0.05, 0.1) is 24.2 Å². The third-order valence-corrected chi connectivity index (χ3v) is 4.04. The Morgan fingerprint density at radius 3 is 2.73 bits per heavy atom. The SMILES string of the molecule is CC1CC(C(=O)NC2(CCl)CCC2)CO1. The van der Waals surface area contributed by atoms with Crippen molar-refractivity contribution < 1.29 is 9.53 Å². The third-order valence-electron chi connectivity index (χ3n) is 3.52. The molecule has 2 rings (SSSR count). The molecule has 2 unspecified atom stereocenters. The van der Waals surface area contributed by atoms with Crippen LogP contribution in [-0.4, -0.2) is 30.0 Å². The summed E-state index contributed by atoms with van der Waals surface area (Å²) in [5.41, 5.74) is -0.107. The molecule has 4 heteroatoms. The highest BCUT2D eigenvalue weighted by Crippen LogP contribution is 2.33. The first-order chi connectivity index (χ1) is 7.15. The Hall–Kier alpha value is -0.280. The molecule has 1 aliphatic heterocycles. The molecule has 1 saturated heterocycles. The van der Waals surface area contributed by atoms with E-state index in [0.717, 1.165) is 19.3 Å². The highest BCUT2D eigenvalue weighted by molar-refractivity contribution is 6.18. The number of alkyl halides is 1. The Kier molecular flexibility index (Phi) is 3.21. The van der Waals surface area contributed by atoms with E-state index in [2.05, 4.69) is 5.32 Å². The first kappa shape index (κ1) is 11.2. The molecule has 1 heterocycles. The van der Waals surface area contributed by atoms with Crippen LogP contribution in [0.3, 0.4) is 0 Å². The van der Waals surface area contributed by atoms with Gasteiger partial charge in [0.15, 0.2) is 0 Å². The van der Waals surface area contributed by atoms with Crippen molar-refractivity contribution in [2.45, 2.75) is 44.2 Å². The van der Waals surface area contributed by atoms with Gasteiger partial charge in [0.2, 0.25) is 5.91 Å². The van der Waals surface area contributed by atoms with Gasteiger partial charge in [0.1, 0.15) is 0 Å². The van der Waals surface area contributed by atoms with Crippen molar-refractivity contribution in [3.05, 3.63) is 0 Å². The van der Waals surface area contributed by atoms with E-state index in [1.165, 1.54) is 6.42 Å². The lowest BCUT2D eigenvalue weighted by Gasteiger charge is -2.41. The fourth-order valence-corrected chi connectivity index (χ4v) is 2.59. The predicted octanol–water partition coefficient (Wildman–Crippen LogP) is 1.69. The molecule has 2 fully saturated rings. The van der Waals surface area contributed by atoms with Crippen molar-refractivity contribution >= 4 is 17.5 Å². The van der Waals surface area contributed by atoms with Gasteiger partial charge in [-0.3, -0.25) is 4.79 Å². The Labute approximate surface area is 95.5 Å². The van der Waals surface area contributed by atoms with Crippen molar-refractivity contribution in [3.63, 3.8) is 0 Å². The van der Waals surface area contributed by atoms with E-state index in [9.17, 15) is 4.79 Å². The molecule has 0 spiro atoms. The number of carbonyl (C=O) groups excluding carboxylic acids is 1. The molecular weight excluding hydrogens is 214 g/mol. The molecule has 0 bridgehead atoms. The molecule has 1 saturated carbocycles. The highest BCUT2D eigenvalue weighted by atomic mass is 35.5. The van der Waals surface area contributed by atoms with Gasteiger partial charge >= 0.3 is 0 Å². The van der Waals surface area contributed by atoms with Gasteiger partial charge in [0, 0.05) is 5.88 Å². The number of ether oxygens (including phenoxy) is 1. The minimum Gasteiger partial charge on any atom is -0.378 e. The summed E-state index contributed by atoms with van der Waals surface area (Å²) in [6, 6.07) is 0. The van der Waals surface area contributed by atoms with E-state index >= 15 is 0 Å². The number of halogens is 1. The maximum atomic E-state index is 11.9. The monoisotopic (exact) mass is 231 g/mol. The minimum absolute atomic E-state index is 0.0284. The first-order valence-corrected chi connectivity index (χ1v) is 6.18. The lowest BCUT2D eigenvalue weighted by atomic mass is 9.78. The van der Waals surface area contributed by atoms with Gasteiger partial charge < -0.3 is 10.1 Å². The Bertz CT molecular complexity index is 247. The fourth-order valence-electron chi connectivity index (χ4n) is 2.26. The molecule has 86 valence electrons. The van der Waals surface area contributed by atoms with E-state index < -0.39 is 0 Å². The van der Waals surface area contributed by atoms with E-state index in [-0.39, 0.29) is 23.5 Å². The highest BCUT2D eigenvalue weighted by Gasteiger charge is 2.40. The number of carbonyl (C=O) groups is 1. The van der Waals surface area contributed by atoms with E-state index in [0.29, 0.717) is 12.5 Å². The maximum absolute atomic E-state index is 11.9. The van der Waals surface area contributed by atoms with Crippen LogP contribution in [0.25, 0.3) is 0 Å². The molecule has 0 radical (unpaired) electrons. The lowest BCUT2D eigenvalue weighted by Crippen LogP contribution is -2.56. The van der Waals surface area contributed by atoms with Crippen molar-refractivity contribution in [1.29, 1.82) is 0 Å². The van der Waals surface area contributed by atoms with Crippen molar-refractivity contribution in [2.24, 2.45) is 5.92 Å². The average molecular weight is 232 g/mol. The molecule has 1 aliphatic carbocycles. The quantitative estimate of drug-likeness (QED) is 0.751. The maximum Gasteiger partial charge on any atom is 0.226 e. The lowest BCUT2D eigenvalue weighted by molar-refractivity contribution is -0.127. The molecule has 0 aromatic carbocycles. The molecule has 1 N–H and O–H groups in total. The van der Waals surface area contributed by atoms with Crippen LogP contribution in [0.15, 0.2) is 0 Å². The number of rotatable bonds is 3. The van der Waals surface area contributed by atoms with Gasteiger partial charge in [-0.15, -0.1) is 11.6 Å². The van der Waals surface area contributed by atoms with Gasteiger partial charge in [-0.2, -0.15) is 0 Å². The van der Waals surface area contributed by atoms with Gasteiger partial charge in [-0.1, -0.05) is 0 Å². The van der Waals surface area contributed by atoms with Crippen LogP contribution >= 0.6 is 11.6 Å². The smallest absolute Gasteiger partial charge is 0.226 e. The summed E-state index contributed by atoms with van der Waals surface area (Å²) in [6.45, 7) is 2.57. The topological polar surface area (TPSA) is 38.3 Å². The summed E-state index contributed by atoms with van der Waals surface area (Å²) >= 11 is 5.89. The summed E-state index contributed by atoms with van der Waals surface area (Å²) in [5, 5.41) is 3.09. The molecule has 2 aliphatic rings. The fraction of sp³-hybridized carbons (Fsp3) is 0.909. The van der Waals surface area contributed by atoms with Crippen LogP contribution in [0.4, 0.5) is 0 Å². The second-order valence-corrected chi connectivity index (χ2v) is 5.10. The van der Waals surface area contributed by atoms with Crippen molar-refractivity contribution in [2.75, 3.05) is 12.5 Å². The standard InChI is InChI=1S/C11H18ClNO2/c1-8-5-9(6-15-8)10(14)13-11(7-12)3-2-4-11/h8-9H,2-7H2,1H3,(H,13,14). The number of nitrogens with one attached hydrogen (secondary N) is 1. The zero-order chi connectivity index (χ0) is 10.9. The number of hydrogen-bond acceptors (Lipinski definition) is 2. The number of amides is 1. The van der Waals surface area contributed by atoms with E-state index in [1.807, 2.05) is 6.92 Å². The first-order valence-electron chi connectivity index (χ1n) is 5.65. The molecular formula is C11H18ClNO2. The van der Waals surface area contributed by atoms with Crippen molar-refractivity contribution in [3.8, 4) is 0 Å². The van der Waals surface area contributed by atoms with Crippen LogP contribution in [0.5, 0.6) is 0 Å². The third kappa shape index (κ3) is 2.28. The van der Waals surface area contributed by atoms with Gasteiger partial charge in [0.25, 0.3) is 0 Å². The average Bonchev–Trinajstić information content (AvgIpc) is 2.58. The summed E-state index contributed by atoms with van der Waals surface area (Å²) in [5.74, 6) is 0.683. The van der Waals surface area contributed by atoms with Crippen LogP contribution in [-0.2, 0) is 9.53 Å². The van der Waals surface area contributed by atoms with Crippen LogP contribution in [0, 0.1) is 5.92 Å². The summed E-state index contributed by atoms with van der Waals surface area (Å²) < 4.78 is 5.39. The largest absolute Gasteiger partial charge is 0.378 e. The van der Waals surface area contributed by atoms with Crippen molar-refractivity contribution in [1.82, 2.24) is 5.32 Å². The summed E-state index contributed by atoms with van der Waals surface area (Å²) in [4.78, 5) is 11.9. The molecule has 3 nitrogen and oxygen atoms in total. The van der Waals surface area contributed by atoms with Crippen LogP contribution < -0.4 is 5.32 Å². The Morgan fingerprint density at radius 2 is 2.33 bits per heavy atom. The van der Waals surface area contributed by atoms with E-state index in [1.54, 1.807) is 0 Å². The Balaban J connectivity index is 1.86. The summed E-state index contributed by atoms with van der Waals surface area (Å²) in [7, 11) is 0. The number of hydrogen-bond donors (Lipinski definition) is 1. The minimum atomic E-state index is -0.107. The van der Waals surface area contributed by atoms with Gasteiger partial charge in [-0.25, -0.2) is 0 Å². The second kappa shape index (κ2) is 4.30. The normalized spacial score (nSPS) is 33.5. The van der Waals surface area contributed by atoms with Crippen LogP contribution in [0.1, 0.15) is 32.6 Å². The zero-order valence-electron chi connectivity index (χ0n) is 9.09. The van der Waals surface area contributed by atoms with Crippen LogP contribution in [0.2, 0.25) is 0 Å². The molecule has 0 aromatic rings. The predicted molar refractivity (Wildman–Crippen MR) is 59.0 cm³/mol. The zero-order valence-corrected chi connectivity index (χ0v) is 9.85. The molecule has 1 amide bonds. The summed E-state index contributed by atoms with van der Waals surface area (Å²) in [6.07, 6.45) is 4.26. The molecule has 0 aromatic heterocycles. The Morgan fingerprint density at radius 1 is 1.60 bits per heavy atom. The molecule has 15 heavy (non-hydrogen) atoms. The van der Waals surface area contributed by atoms with Gasteiger partial charge in [-0.05, 0) is 32.6 Å². The van der Waals surface area contributed by atoms with E-state index in [4.69, 9.17) is 16.3 Å². The molecule has 2 atom stereocenters. The second-order valence-electron chi connectivity index (χ2n) is 4.83.